The van der Waals surface area contributed by atoms with Gasteiger partial charge in [-0.25, -0.2) is 0 Å². The second-order valence-electron chi connectivity index (χ2n) is 11.8. The molecule has 2 saturated heterocycles. The third kappa shape index (κ3) is 3.84. The number of anilines is 1. The molecule has 8 nitrogen and oxygen atoms in total. The summed E-state index contributed by atoms with van der Waals surface area (Å²) >= 11 is 0. The number of para-hydroxylation sites is 1. The summed E-state index contributed by atoms with van der Waals surface area (Å²) < 4.78 is 6.69. The highest BCUT2D eigenvalue weighted by Gasteiger charge is 2.73. The van der Waals surface area contributed by atoms with E-state index in [2.05, 4.69) is 0 Å². The standard InChI is InChI=1S/C29H37N3O5/c1-18(2)20(17-33)32-24-27(36)31(28(3,4)5)16-10-14-29(24)23(26(32)35)22-21(37-29)13-9-15-30(25(22)34)19-11-7-6-8-12-19/h6-14,18,20-24,33H,15-17H2,1-5H3/t20-,21-,22+,23-,24?,29-/m0/s1. The van der Waals surface area contributed by atoms with Crippen LogP contribution in [0.3, 0.4) is 0 Å². The topological polar surface area (TPSA) is 90.4 Å². The van der Waals surface area contributed by atoms with E-state index in [1.165, 1.54) is 4.90 Å². The molecule has 1 aromatic carbocycles. The molecule has 0 saturated carbocycles. The van der Waals surface area contributed by atoms with Gasteiger partial charge in [-0.3, -0.25) is 14.4 Å². The van der Waals surface area contributed by atoms with E-state index in [1.807, 2.05) is 89.3 Å². The molecular formula is C29H37N3O5. The third-order valence-electron chi connectivity index (χ3n) is 8.29. The monoisotopic (exact) mass is 507 g/mol. The van der Waals surface area contributed by atoms with Crippen LogP contribution in [0.5, 0.6) is 0 Å². The number of rotatable bonds is 4. The maximum atomic E-state index is 14.4. The summed E-state index contributed by atoms with van der Waals surface area (Å²) in [5, 5.41) is 10.4. The van der Waals surface area contributed by atoms with Crippen molar-refractivity contribution in [1.29, 1.82) is 0 Å². The minimum atomic E-state index is -1.30. The number of aliphatic hydroxyl groups is 1. The van der Waals surface area contributed by atoms with Gasteiger partial charge in [0.05, 0.1) is 30.6 Å². The van der Waals surface area contributed by atoms with Crippen molar-refractivity contribution >= 4 is 23.4 Å². The van der Waals surface area contributed by atoms with Crippen molar-refractivity contribution in [3.05, 3.63) is 54.6 Å². The molecule has 3 amide bonds. The van der Waals surface area contributed by atoms with Crippen molar-refractivity contribution in [3.8, 4) is 0 Å². The van der Waals surface area contributed by atoms with Crippen LogP contribution in [0.15, 0.2) is 54.6 Å². The molecule has 5 rings (SSSR count). The molecule has 0 aliphatic carbocycles. The van der Waals surface area contributed by atoms with E-state index in [9.17, 15) is 19.5 Å². The summed E-state index contributed by atoms with van der Waals surface area (Å²) in [5.74, 6) is -2.49. The molecule has 37 heavy (non-hydrogen) atoms. The Hall–Kier alpha value is -2.97. The van der Waals surface area contributed by atoms with Gasteiger partial charge in [0.2, 0.25) is 17.7 Å². The number of aliphatic hydroxyl groups excluding tert-OH is 1. The molecule has 198 valence electrons. The van der Waals surface area contributed by atoms with Crippen molar-refractivity contribution in [2.24, 2.45) is 17.8 Å². The first-order valence-corrected chi connectivity index (χ1v) is 13.2. The zero-order valence-electron chi connectivity index (χ0n) is 22.2. The zero-order valence-corrected chi connectivity index (χ0v) is 22.2. The van der Waals surface area contributed by atoms with E-state index >= 15 is 0 Å². The Morgan fingerprint density at radius 1 is 1.03 bits per heavy atom. The Balaban J connectivity index is 1.65. The summed E-state index contributed by atoms with van der Waals surface area (Å²) in [6.45, 7) is 10.2. The van der Waals surface area contributed by atoms with Crippen LogP contribution in [-0.2, 0) is 19.1 Å². The van der Waals surface area contributed by atoms with E-state index in [4.69, 9.17) is 4.74 Å². The average molecular weight is 508 g/mol. The van der Waals surface area contributed by atoms with Gasteiger partial charge in [0, 0.05) is 24.3 Å². The highest BCUT2D eigenvalue weighted by Crippen LogP contribution is 2.54. The van der Waals surface area contributed by atoms with E-state index in [0.717, 1.165) is 5.69 Å². The molecule has 4 heterocycles. The van der Waals surface area contributed by atoms with Gasteiger partial charge < -0.3 is 24.5 Å². The minimum Gasteiger partial charge on any atom is -0.394 e. The molecule has 0 aromatic heterocycles. The molecule has 6 atom stereocenters. The Kier molecular flexibility index (Phi) is 6.31. The number of likely N-dealkylation sites (tertiary alicyclic amines) is 1. The van der Waals surface area contributed by atoms with Crippen molar-refractivity contribution in [3.63, 3.8) is 0 Å². The number of carbonyl (C=O) groups is 3. The third-order valence-corrected chi connectivity index (χ3v) is 8.29. The molecule has 1 N–H and O–H groups in total. The van der Waals surface area contributed by atoms with E-state index in [-0.39, 0.29) is 30.2 Å². The van der Waals surface area contributed by atoms with E-state index < -0.39 is 41.2 Å². The maximum Gasteiger partial charge on any atom is 0.249 e. The van der Waals surface area contributed by atoms with Gasteiger partial charge in [0.1, 0.15) is 11.6 Å². The van der Waals surface area contributed by atoms with Crippen LogP contribution in [0, 0.1) is 17.8 Å². The number of benzene rings is 1. The first-order chi connectivity index (χ1) is 17.5. The lowest BCUT2D eigenvalue weighted by Gasteiger charge is -2.42. The fraction of sp³-hybridized carbons (Fsp3) is 0.552. The lowest BCUT2D eigenvalue weighted by Crippen LogP contribution is -2.61. The predicted octanol–water partition coefficient (Wildman–Crippen LogP) is 2.38. The number of carbonyl (C=O) groups excluding carboxylic acids is 3. The van der Waals surface area contributed by atoms with Gasteiger partial charge in [-0.05, 0) is 38.8 Å². The zero-order chi connectivity index (χ0) is 26.7. The Labute approximate surface area is 218 Å². The van der Waals surface area contributed by atoms with Gasteiger partial charge in [-0.2, -0.15) is 0 Å². The van der Waals surface area contributed by atoms with Crippen molar-refractivity contribution in [1.82, 2.24) is 9.80 Å². The lowest BCUT2D eigenvalue weighted by atomic mass is 9.77. The van der Waals surface area contributed by atoms with Crippen LogP contribution >= 0.6 is 0 Å². The average Bonchev–Trinajstić information content (AvgIpc) is 3.14. The van der Waals surface area contributed by atoms with Crippen molar-refractivity contribution < 1.29 is 24.2 Å². The first kappa shape index (κ1) is 25.7. The highest BCUT2D eigenvalue weighted by molar-refractivity contribution is 6.04. The minimum absolute atomic E-state index is 0.103. The molecule has 0 radical (unpaired) electrons. The fourth-order valence-electron chi connectivity index (χ4n) is 6.50. The van der Waals surface area contributed by atoms with Crippen molar-refractivity contribution in [2.75, 3.05) is 24.6 Å². The number of ether oxygens (including phenoxy) is 1. The van der Waals surface area contributed by atoms with Crippen LogP contribution < -0.4 is 4.90 Å². The molecule has 1 spiro atoms. The Morgan fingerprint density at radius 3 is 2.35 bits per heavy atom. The number of hydrogen-bond donors (Lipinski definition) is 1. The van der Waals surface area contributed by atoms with Crippen LogP contribution in [0.2, 0.25) is 0 Å². The molecule has 8 heteroatoms. The predicted molar refractivity (Wildman–Crippen MR) is 139 cm³/mol. The number of hydrogen-bond acceptors (Lipinski definition) is 5. The Bertz CT molecular complexity index is 1140. The summed E-state index contributed by atoms with van der Waals surface area (Å²) in [6.07, 6.45) is 6.87. The number of nitrogens with zero attached hydrogens (tertiary/aromatic N) is 3. The van der Waals surface area contributed by atoms with Gasteiger partial charge in [0.25, 0.3) is 0 Å². The molecular weight excluding hydrogens is 470 g/mol. The quantitative estimate of drug-likeness (QED) is 0.632. The summed E-state index contributed by atoms with van der Waals surface area (Å²) in [4.78, 5) is 47.7. The SMILES string of the molecule is CC(C)[C@H](CO)N1C(=O)[C@@H]2[C@@H]3C(=O)N(c4ccccc4)CC=C[C@@H]3O[C@@]23C=CCN(C(C)(C)C)C(=O)C13. The maximum absolute atomic E-state index is 14.4. The summed E-state index contributed by atoms with van der Waals surface area (Å²) in [6, 6.07) is 7.84. The summed E-state index contributed by atoms with van der Waals surface area (Å²) in [5.41, 5.74) is -1.04. The van der Waals surface area contributed by atoms with Gasteiger partial charge in [0.15, 0.2) is 0 Å². The van der Waals surface area contributed by atoms with Crippen LogP contribution in [-0.4, -0.2) is 81.7 Å². The van der Waals surface area contributed by atoms with Gasteiger partial charge >= 0.3 is 0 Å². The lowest BCUT2D eigenvalue weighted by molar-refractivity contribution is -0.154. The van der Waals surface area contributed by atoms with Gasteiger partial charge in [-0.15, -0.1) is 0 Å². The molecule has 1 aromatic rings. The first-order valence-electron chi connectivity index (χ1n) is 13.2. The summed E-state index contributed by atoms with van der Waals surface area (Å²) in [7, 11) is 0. The van der Waals surface area contributed by atoms with Crippen LogP contribution in [0.25, 0.3) is 0 Å². The number of amides is 3. The van der Waals surface area contributed by atoms with Crippen LogP contribution in [0.4, 0.5) is 5.69 Å². The molecule has 0 bridgehead atoms. The second-order valence-corrected chi connectivity index (χ2v) is 11.8. The van der Waals surface area contributed by atoms with Crippen LogP contribution in [0.1, 0.15) is 34.6 Å². The van der Waals surface area contributed by atoms with E-state index in [0.29, 0.717) is 13.1 Å². The van der Waals surface area contributed by atoms with Gasteiger partial charge in [-0.1, -0.05) is 56.4 Å². The largest absolute Gasteiger partial charge is 0.394 e. The molecule has 4 aliphatic rings. The second kappa shape index (κ2) is 9.10. The molecule has 1 unspecified atom stereocenters. The smallest absolute Gasteiger partial charge is 0.249 e. The highest BCUT2D eigenvalue weighted by atomic mass is 16.5. The fourth-order valence-corrected chi connectivity index (χ4v) is 6.50. The normalized spacial score (nSPS) is 32.4. The van der Waals surface area contributed by atoms with E-state index in [1.54, 1.807) is 9.80 Å². The number of fused-ring (bicyclic) bond motifs is 2. The Morgan fingerprint density at radius 2 is 1.73 bits per heavy atom. The molecule has 2 fully saturated rings. The van der Waals surface area contributed by atoms with Crippen molar-refractivity contribution in [2.45, 2.75) is 63.9 Å². The molecule has 4 aliphatic heterocycles.